The lowest BCUT2D eigenvalue weighted by Gasteiger charge is -2.21. The molecule has 25 heavy (non-hydrogen) atoms. The number of carbonyl (C=O) groups excluding carboxylic acids is 1. The van der Waals surface area contributed by atoms with Gasteiger partial charge in [-0.15, -0.1) is 0 Å². The van der Waals surface area contributed by atoms with Gasteiger partial charge in [0.15, 0.2) is 0 Å². The summed E-state index contributed by atoms with van der Waals surface area (Å²) in [5, 5.41) is 9.21. The van der Waals surface area contributed by atoms with Crippen LogP contribution in [-0.4, -0.2) is 35.0 Å². The average molecular weight is 343 g/mol. The van der Waals surface area contributed by atoms with Crippen molar-refractivity contribution in [3.8, 4) is 16.9 Å². The standard InChI is InChI=1S/C19H18FNO4/c1-25-17-8-6-14(20)10-15(17)13-4-2-12(3-5-13)11-21-16(19(23)24)7-9-18(21)22/h2-6,8,10,16H,7,9,11H2,1H3,(H,23,24). The Morgan fingerprint density at radius 2 is 2.00 bits per heavy atom. The predicted molar refractivity (Wildman–Crippen MR) is 89.6 cm³/mol. The van der Waals surface area contributed by atoms with Gasteiger partial charge in [-0.25, -0.2) is 9.18 Å². The van der Waals surface area contributed by atoms with Gasteiger partial charge in [0.1, 0.15) is 17.6 Å². The first-order valence-electron chi connectivity index (χ1n) is 7.94. The second-order valence-corrected chi connectivity index (χ2v) is 5.96. The zero-order valence-corrected chi connectivity index (χ0v) is 13.7. The summed E-state index contributed by atoms with van der Waals surface area (Å²) in [5.41, 5.74) is 2.23. The largest absolute Gasteiger partial charge is 0.496 e. The van der Waals surface area contributed by atoms with E-state index in [-0.39, 0.29) is 24.7 Å². The lowest BCUT2D eigenvalue weighted by molar-refractivity contribution is -0.146. The molecule has 1 fully saturated rings. The van der Waals surface area contributed by atoms with Gasteiger partial charge < -0.3 is 14.7 Å². The topological polar surface area (TPSA) is 66.8 Å². The summed E-state index contributed by atoms with van der Waals surface area (Å²) in [4.78, 5) is 24.5. The van der Waals surface area contributed by atoms with E-state index in [9.17, 15) is 19.1 Å². The van der Waals surface area contributed by atoms with Crippen LogP contribution in [0.25, 0.3) is 11.1 Å². The van der Waals surface area contributed by atoms with E-state index >= 15 is 0 Å². The summed E-state index contributed by atoms with van der Waals surface area (Å²) in [6, 6.07) is 10.8. The highest BCUT2D eigenvalue weighted by Crippen LogP contribution is 2.31. The monoisotopic (exact) mass is 343 g/mol. The number of hydrogen-bond donors (Lipinski definition) is 1. The zero-order chi connectivity index (χ0) is 18.0. The van der Waals surface area contributed by atoms with Gasteiger partial charge in [0.25, 0.3) is 0 Å². The van der Waals surface area contributed by atoms with Crippen LogP contribution in [0.2, 0.25) is 0 Å². The van der Waals surface area contributed by atoms with Crippen molar-refractivity contribution in [1.82, 2.24) is 4.90 Å². The molecule has 1 atom stereocenters. The van der Waals surface area contributed by atoms with Crippen molar-refractivity contribution in [2.24, 2.45) is 0 Å². The van der Waals surface area contributed by atoms with Crippen LogP contribution in [0.1, 0.15) is 18.4 Å². The number of benzene rings is 2. The first-order valence-corrected chi connectivity index (χ1v) is 7.94. The number of rotatable bonds is 5. The zero-order valence-electron chi connectivity index (χ0n) is 13.7. The Morgan fingerprint density at radius 3 is 2.64 bits per heavy atom. The van der Waals surface area contributed by atoms with Crippen molar-refractivity contribution >= 4 is 11.9 Å². The Hall–Kier alpha value is -2.89. The molecule has 0 aliphatic carbocycles. The third-order valence-electron chi connectivity index (χ3n) is 4.39. The van der Waals surface area contributed by atoms with E-state index < -0.39 is 12.0 Å². The van der Waals surface area contributed by atoms with Crippen molar-refractivity contribution < 1.29 is 23.8 Å². The van der Waals surface area contributed by atoms with Crippen LogP contribution < -0.4 is 4.74 Å². The molecule has 0 bridgehead atoms. The number of hydrogen-bond acceptors (Lipinski definition) is 3. The van der Waals surface area contributed by atoms with E-state index in [4.69, 9.17) is 4.74 Å². The number of aliphatic carboxylic acids is 1. The van der Waals surface area contributed by atoms with E-state index in [0.717, 1.165) is 11.1 Å². The highest BCUT2D eigenvalue weighted by atomic mass is 19.1. The fourth-order valence-electron chi connectivity index (χ4n) is 3.08. The number of nitrogens with zero attached hydrogens (tertiary/aromatic N) is 1. The Kier molecular flexibility index (Phi) is 4.70. The van der Waals surface area contributed by atoms with Gasteiger partial charge in [-0.2, -0.15) is 0 Å². The molecule has 1 saturated heterocycles. The van der Waals surface area contributed by atoms with Crippen molar-refractivity contribution in [3.63, 3.8) is 0 Å². The van der Waals surface area contributed by atoms with Crippen LogP contribution in [0.3, 0.4) is 0 Å². The molecule has 0 aromatic heterocycles. The highest BCUT2D eigenvalue weighted by molar-refractivity contribution is 5.87. The molecule has 1 amide bonds. The predicted octanol–water partition coefficient (Wildman–Crippen LogP) is 3.08. The number of likely N-dealkylation sites (tertiary alicyclic amines) is 1. The number of halogens is 1. The number of carboxylic acid groups (broad SMARTS) is 1. The van der Waals surface area contributed by atoms with Gasteiger partial charge in [-0.1, -0.05) is 24.3 Å². The van der Waals surface area contributed by atoms with Crippen LogP contribution in [0.4, 0.5) is 4.39 Å². The molecule has 1 aliphatic rings. The van der Waals surface area contributed by atoms with Crippen molar-refractivity contribution in [2.45, 2.75) is 25.4 Å². The minimum Gasteiger partial charge on any atom is -0.496 e. The second kappa shape index (κ2) is 6.93. The van der Waals surface area contributed by atoms with Crippen molar-refractivity contribution in [2.75, 3.05) is 7.11 Å². The Labute approximate surface area is 144 Å². The van der Waals surface area contributed by atoms with Crippen molar-refractivity contribution in [3.05, 3.63) is 53.8 Å². The molecule has 3 rings (SSSR count). The maximum absolute atomic E-state index is 13.5. The molecular weight excluding hydrogens is 325 g/mol. The molecule has 6 heteroatoms. The van der Waals surface area contributed by atoms with Crippen molar-refractivity contribution in [1.29, 1.82) is 0 Å². The minimum atomic E-state index is -0.980. The molecule has 0 spiro atoms. The summed E-state index contributed by atoms with van der Waals surface area (Å²) in [6.07, 6.45) is 0.599. The molecule has 1 heterocycles. The van der Waals surface area contributed by atoms with E-state index in [2.05, 4.69) is 0 Å². The molecule has 5 nitrogen and oxygen atoms in total. The van der Waals surface area contributed by atoms with Gasteiger partial charge in [0, 0.05) is 18.5 Å². The Bertz CT molecular complexity index is 804. The fraction of sp³-hybridized carbons (Fsp3) is 0.263. The van der Waals surface area contributed by atoms with E-state index in [1.807, 2.05) is 24.3 Å². The molecule has 1 N–H and O–H groups in total. The van der Waals surface area contributed by atoms with Gasteiger partial charge in [-0.05, 0) is 35.7 Å². The molecular formula is C19H18FNO4. The second-order valence-electron chi connectivity index (χ2n) is 5.96. The summed E-state index contributed by atoms with van der Waals surface area (Å²) >= 11 is 0. The number of methoxy groups -OCH3 is 1. The van der Waals surface area contributed by atoms with Gasteiger partial charge >= 0.3 is 5.97 Å². The summed E-state index contributed by atoms with van der Waals surface area (Å²) in [5.74, 6) is -0.920. The van der Waals surface area contributed by atoms with Crippen LogP contribution in [-0.2, 0) is 16.1 Å². The minimum absolute atomic E-state index is 0.150. The van der Waals surface area contributed by atoms with Gasteiger partial charge in [-0.3, -0.25) is 4.79 Å². The molecule has 130 valence electrons. The normalized spacial score (nSPS) is 17.0. The highest BCUT2D eigenvalue weighted by Gasteiger charge is 2.35. The smallest absolute Gasteiger partial charge is 0.326 e. The average Bonchev–Trinajstić information content (AvgIpc) is 2.96. The molecule has 1 unspecified atom stereocenters. The third-order valence-corrected chi connectivity index (χ3v) is 4.39. The van der Waals surface area contributed by atoms with Crippen LogP contribution >= 0.6 is 0 Å². The Morgan fingerprint density at radius 1 is 1.28 bits per heavy atom. The van der Waals surface area contributed by atoms with E-state index in [0.29, 0.717) is 17.7 Å². The van der Waals surface area contributed by atoms with Gasteiger partial charge in [0.05, 0.1) is 7.11 Å². The lowest BCUT2D eigenvalue weighted by Crippen LogP contribution is -2.37. The van der Waals surface area contributed by atoms with Crippen LogP contribution in [0.15, 0.2) is 42.5 Å². The molecule has 1 aliphatic heterocycles. The number of ether oxygens (including phenoxy) is 1. The van der Waals surface area contributed by atoms with Crippen LogP contribution in [0, 0.1) is 5.82 Å². The SMILES string of the molecule is COc1ccc(F)cc1-c1ccc(CN2C(=O)CCC2C(=O)O)cc1. The quantitative estimate of drug-likeness (QED) is 0.906. The van der Waals surface area contributed by atoms with Crippen LogP contribution in [0.5, 0.6) is 5.75 Å². The number of carbonyl (C=O) groups is 2. The molecule has 0 radical (unpaired) electrons. The first-order chi connectivity index (χ1) is 12.0. The maximum Gasteiger partial charge on any atom is 0.326 e. The summed E-state index contributed by atoms with van der Waals surface area (Å²) < 4.78 is 18.8. The maximum atomic E-state index is 13.5. The van der Waals surface area contributed by atoms with E-state index in [1.165, 1.54) is 24.1 Å². The lowest BCUT2D eigenvalue weighted by atomic mass is 10.0. The van der Waals surface area contributed by atoms with Gasteiger partial charge in [0.2, 0.25) is 5.91 Å². The Balaban J connectivity index is 1.82. The molecule has 0 saturated carbocycles. The third kappa shape index (κ3) is 3.47. The fourth-order valence-corrected chi connectivity index (χ4v) is 3.08. The summed E-state index contributed by atoms with van der Waals surface area (Å²) in [6.45, 7) is 0.246. The number of carboxylic acids is 1. The first kappa shape index (κ1) is 17.0. The summed E-state index contributed by atoms with van der Waals surface area (Å²) in [7, 11) is 1.52. The molecule has 2 aromatic carbocycles. The van der Waals surface area contributed by atoms with E-state index in [1.54, 1.807) is 6.07 Å². The number of amides is 1. The molecule has 2 aromatic rings.